The second-order valence-electron chi connectivity index (χ2n) is 8.84. The van der Waals surface area contributed by atoms with Gasteiger partial charge in [-0.1, -0.05) is 29.8 Å². The van der Waals surface area contributed by atoms with Gasteiger partial charge in [0.2, 0.25) is 0 Å². The number of amides is 1. The van der Waals surface area contributed by atoms with Gasteiger partial charge in [-0.3, -0.25) is 14.5 Å². The van der Waals surface area contributed by atoms with E-state index in [4.69, 9.17) is 9.47 Å². The van der Waals surface area contributed by atoms with Gasteiger partial charge in [0.15, 0.2) is 0 Å². The summed E-state index contributed by atoms with van der Waals surface area (Å²) in [5, 5.41) is 11.5. The Hall–Kier alpha value is -4.26. The van der Waals surface area contributed by atoms with Gasteiger partial charge in [-0.15, -0.1) is 0 Å². The number of nitrogens with zero attached hydrogens (tertiary/aromatic N) is 2. The van der Waals surface area contributed by atoms with Crippen molar-refractivity contribution in [1.29, 1.82) is 0 Å². The van der Waals surface area contributed by atoms with Gasteiger partial charge in [0, 0.05) is 30.5 Å². The summed E-state index contributed by atoms with van der Waals surface area (Å²) in [4.78, 5) is 30.6. The van der Waals surface area contributed by atoms with Crippen LogP contribution >= 0.6 is 0 Å². The number of benzene rings is 3. The molecule has 3 aromatic rings. The van der Waals surface area contributed by atoms with E-state index in [9.17, 15) is 14.7 Å². The third kappa shape index (κ3) is 4.77. The molecule has 3 aromatic carbocycles. The van der Waals surface area contributed by atoms with E-state index < -0.39 is 17.7 Å². The highest BCUT2D eigenvalue weighted by atomic mass is 16.5. The largest absolute Gasteiger partial charge is 0.507 e. The molecular formula is C30H32N2O5. The number of ether oxygens (including phenoxy) is 2. The number of ketones is 1. The maximum atomic E-state index is 13.5. The predicted molar refractivity (Wildman–Crippen MR) is 146 cm³/mol. The minimum absolute atomic E-state index is 0.00638. The number of rotatable bonds is 8. The Morgan fingerprint density at radius 1 is 0.946 bits per heavy atom. The smallest absolute Gasteiger partial charge is 0.300 e. The van der Waals surface area contributed by atoms with Crippen molar-refractivity contribution in [2.45, 2.75) is 26.8 Å². The average molecular weight is 501 g/mol. The minimum Gasteiger partial charge on any atom is -0.507 e. The Morgan fingerprint density at radius 2 is 1.65 bits per heavy atom. The molecule has 0 bridgehead atoms. The molecule has 1 N–H and O–H groups in total. The average Bonchev–Trinajstić information content (AvgIpc) is 3.19. The lowest BCUT2D eigenvalue weighted by molar-refractivity contribution is -0.132. The van der Waals surface area contributed by atoms with Crippen molar-refractivity contribution in [3.8, 4) is 11.5 Å². The minimum atomic E-state index is -0.814. The van der Waals surface area contributed by atoms with Crippen molar-refractivity contribution in [2.24, 2.45) is 0 Å². The summed E-state index contributed by atoms with van der Waals surface area (Å²) in [6.07, 6.45) is 0. The molecule has 0 aromatic heterocycles. The summed E-state index contributed by atoms with van der Waals surface area (Å²) in [6, 6.07) is 19.3. The fraction of sp³-hybridized carbons (Fsp3) is 0.267. The molecular weight excluding hydrogens is 468 g/mol. The first-order chi connectivity index (χ1) is 17.8. The number of carbonyl (C=O) groups is 2. The molecule has 0 aliphatic carbocycles. The van der Waals surface area contributed by atoms with E-state index in [1.165, 1.54) is 19.1 Å². The highest BCUT2D eigenvalue weighted by molar-refractivity contribution is 6.51. The van der Waals surface area contributed by atoms with E-state index in [1.807, 2.05) is 55.5 Å². The molecule has 1 atom stereocenters. The standard InChI is InChI=1S/C30H32N2O5/c1-6-31(7-2)21-11-13-22(14-12-21)32-27(20-10-8-9-19(3)17-20)26(29(34)30(32)35)28(33)24-16-15-23(36-4)18-25(24)37-5/h8-18,27,33H,6-7H2,1-5H3/b28-26-. The van der Waals surface area contributed by atoms with Gasteiger partial charge in [0.25, 0.3) is 11.7 Å². The van der Waals surface area contributed by atoms with Gasteiger partial charge >= 0.3 is 0 Å². The summed E-state index contributed by atoms with van der Waals surface area (Å²) in [6.45, 7) is 7.82. The van der Waals surface area contributed by atoms with Crippen LogP contribution in [0.4, 0.5) is 11.4 Å². The first-order valence-electron chi connectivity index (χ1n) is 12.3. The molecule has 1 amide bonds. The molecule has 1 unspecified atom stereocenters. The SMILES string of the molecule is CCN(CC)c1ccc(N2C(=O)C(=O)/C(=C(\O)c3ccc(OC)cc3OC)C2c2cccc(C)c2)cc1. The Labute approximate surface area is 217 Å². The Kier molecular flexibility index (Phi) is 7.53. The fourth-order valence-electron chi connectivity index (χ4n) is 4.81. The van der Waals surface area contributed by atoms with Gasteiger partial charge in [-0.05, 0) is 62.7 Å². The van der Waals surface area contributed by atoms with Crippen molar-refractivity contribution in [1.82, 2.24) is 0 Å². The topological polar surface area (TPSA) is 79.3 Å². The van der Waals surface area contributed by atoms with E-state index >= 15 is 0 Å². The molecule has 1 aliphatic rings. The molecule has 1 aliphatic heterocycles. The predicted octanol–water partition coefficient (Wildman–Crippen LogP) is 5.48. The molecule has 7 heteroatoms. The van der Waals surface area contributed by atoms with Crippen LogP contribution in [0.2, 0.25) is 0 Å². The van der Waals surface area contributed by atoms with E-state index in [0.717, 1.165) is 29.9 Å². The maximum Gasteiger partial charge on any atom is 0.300 e. The van der Waals surface area contributed by atoms with E-state index in [-0.39, 0.29) is 11.3 Å². The number of aryl methyl sites for hydroxylation is 1. The van der Waals surface area contributed by atoms with Crippen molar-refractivity contribution < 1.29 is 24.2 Å². The highest BCUT2D eigenvalue weighted by Crippen LogP contribution is 2.44. The number of aliphatic hydroxyl groups excluding tert-OH is 1. The van der Waals surface area contributed by atoms with Crippen LogP contribution in [0.15, 0.2) is 72.3 Å². The molecule has 37 heavy (non-hydrogen) atoms. The number of Topliss-reactive ketones (excluding diaryl/α,β-unsaturated/α-hetero) is 1. The van der Waals surface area contributed by atoms with Gasteiger partial charge in [0.1, 0.15) is 17.3 Å². The van der Waals surface area contributed by atoms with Crippen LogP contribution in [0.25, 0.3) is 5.76 Å². The van der Waals surface area contributed by atoms with Crippen molar-refractivity contribution in [2.75, 3.05) is 37.1 Å². The van der Waals surface area contributed by atoms with Gasteiger partial charge in [-0.2, -0.15) is 0 Å². The normalized spacial score (nSPS) is 16.7. The second kappa shape index (κ2) is 10.8. The lowest BCUT2D eigenvalue weighted by Gasteiger charge is -2.27. The molecule has 7 nitrogen and oxygen atoms in total. The monoisotopic (exact) mass is 500 g/mol. The maximum absolute atomic E-state index is 13.5. The van der Waals surface area contributed by atoms with Crippen LogP contribution in [0.1, 0.15) is 36.6 Å². The van der Waals surface area contributed by atoms with Crippen molar-refractivity contribution >= 4 is 28.8 Å². The van der Waals surface area contributed by atoms with E-state index in [2.05, 4.69) is 18.7 Å². The first kappa shape index (κ1) is 25.8. The zero-order chi connectivity index (χ0) is 26.7. The molecule has 1 saturated heterocycles. The Morgan fingerprint density at radius 3 is 2.24 bits per heavy atom. The van der Waals surface area contributed by atoms with Crippen LogP contribution in [0, 0.1) is 6.92 Å². The highest BCUT2D eigenvalue weighted by Gasteiger charge is 2.47. The lowest BCUT2D eigenvalue weighted by atomic mass is 9.94. The van der Waals surface area contributed by atoms with Crippen LogP contribution < -0.4 is 19.3 Å². The second-order valence-corrected chi connectivity index (χ2v) is 8.84. The van der Waals surface area contributed by atoms with Gasteiger partial charge in [0.05, 0.1) is 31.4 Å². The third-order valence-corrected chi connectivity index (χ3v) is 6.72. The number of anilines is 2. The molecule has 0 saturated carbocycles. The third-order valence-electron chi connectivity index (χ3n) is 6.72. The molecule has 192 valence electrons. The van der Waals surface area contributed by atoms with Crippen LogP contribution in [-0.2, 0) is 9.59 Å². The number of methoxy groups -OCH3 is 2. The van der Waals surface area contributed by atoms with Crippen molar-refractivity contribution in [3.05, 3.63) is 89.0 Å². The number of hydrogen-bond acceptors (Lipinski definition) is 6. The summed E-state index contributed by atoms with van der Waals surface area (Å²) in [5.74, 6) is -0.885. The molecule has 4 rings (SSSR count). The molecule has 1 fully saturated rings. The number of aliphatic hydroxyl groups is 1. The summed E-state index contributed by atoms with van der Waals surface area (Å²) in [5.41, 5.74) is 3.61. The first-order valence-corrected chi connectivity index (χ1v) is 12.3. The van der Waals surface area contributed by atoms with Crippen LogP contribution in [0.3, 0.4) is 0 Å². The Balaban J connectivity index is 1.90. The van der Waals surface area contributed by atoms with E-state index in [1.54, 1.807) is 18.2 Å². The molecule has 0 radical (unpaired) electrons. The zero-order valence-corrected chi connectivity index (χ0v) is 21.8. The lowest BCUT2D eigenvalue weighted by Crippen LogP contribution is -2.29. The number of hydrogen-bond donors (Lipinski definition) is 1. The van der Waals surface area contributed by atoms with Crippen LogP contribution in [0.5, 0.6) is 11.5 Å². The van der Waals surface area contributed by atoms with E-state index in [0.29, 0.717) is 22.7 Å². The Bertz CT molecular complexity index is 1340. The fourth-order valence-corrected chi connectivity index (χ4v) is 4.81. The van der Waals surface area contributed by atoms with Gasteiger partial charge < -0.3 is 19.5 Å². The zero-order valence-electron chi connectivity index (χ0n) is 21.8. The summed E-state index contributed by atoms with van der Waals surface area (Å²) in [7, 11) is 3.00. The summed E-state index contributed by atoms with van der Waals surface area (Å²) >= 11 is 0. The quantitative estimate of drug-likeness (QED) is 0.251. The van der Waals surface area contributed by atoms with Crippen LogP contribution in [-0.4, -0.2) is 44.1 Å². The molecule has 1 heterocycles. The van der Waals surface area contributed by atoms with Crippen molar-refractivity contribution in [3.63, 3.8) is 0 Å². The summed E-state index contributed by atoms with van der Waals surface area (Å²) < 4.78 is 10.7. The molecule has 0 spiro atoms. The van der Waals surface area contributed by atoms with Gasteiger partial charge in [-0.25, -0.2) is 0 Å². The number of carbonyl (C=O) groups excluding carboxylic acids is 2.